The topological polar surface area (TPSA) is 86.2 Å². The van der Waals surface area contributed by atoms with Crippen LogP contribution < -0.4 is 5.73 Å². The summed E-state index contributed by atoms with van der Waals surface area (Å²) < 4.78 is 28.4. The third-order valence-electron chi connectivity index (χ3n) is 2.46. The second-order valence-electron chi connectivity index (χ2n) is 3.96. The van der Waals surface area contributed by atoms with Crippen molar-refractivity contribution in [2.45, 2.75) is 11.3 Å². The van der Waals surface area contributed by atoms with Crippen molar-refractivity contribution in [2.75, 3.05) is 12.8 Å². The van der Waals surface area contributed by atoms with Crippen LogP contribution in [-0.4, -0.2) is 26.2 Å². The van der Waals surface area contributed by atoms with Gasteiger partial charge in [0, 0.05) is 24.8 Å². The molecule has 0 aliphatic heterocycles. The average molecular weight is 266 g/mol. The Kier molecular flexibility index (Phi) is 3.49. The van der Waals surface area contributed by atoms with Crippen LogP contribution in [0.15, 0.2) is 39.8 Å². The first-order valence-electron chi connectivity index (χ1n) is 5.46. The van der Waals surface area contributed by atoms with E-state index in [0.29, 0.717) is 30.2 Å². The lowest BCUT2D eigenvalue weighted by molar-refractivity contribution is 0.508. The van der Waals surface area contributed by atoms with Gasteiger partial charge in [-0.25, -0.2) is 13.4 Å². The summed E-state index contributed by atoms with van der Waals surface area (Å²) in [4.78, 5) is 4.34. The molecule has 1 aromatic carbocycles. The van der Waals surface area contributed by atoms with Crippen molar-refractivity contribution in [1.29, 1.82) is 0 Å². The van der Waals surface area contributed by atoms with Crippen LogP contribution in [0.4, 0.5) is 0 Å². The minimum absolute atomic E-state index is 0.261. The monoisotopic (exact) mass is 266 g/mol. The highest BCUT2D eigenvalue weighted by Gasteiger charge is 2.11. The van der Waals surface area contributed by atoms with Crippen LogP contribution in [0.2, 0.25) is 0 Å². The fourth-order valence-electron chi connectivity index (χ4n) is 1.56. The number of oxazole rings is 1. The molecule has 2 N–H and O–H groups in total. The lowest BCUT2D eigenvalue weighted by Crippen LogP contribution is -2.02. The van der Waals surface area contributed by atoms with Gasteiger partial charge in [-0.3, -0.25) is 0 Å². The van der Waals surface area contributed by atoms with Gasteiger partial charge in [-0.15, -0.1) is 0 Å². The van der Waals surface area contributed by atoms with Crippen LogP contribution in [0.5, 0.6) is 0 Å². The Morgan fingerprint density at radius 1 is 1.39 bits per heavy atom. The molecular formula is C12H14N2O3S. The summed E-state index contributed by atoms with van der Waals surface area (Å²) in [6, 6.07) is 6.58. The van der Waals surface area contributed by atoms with Crippen molar-refractivity contribution < 1.29 is 12.8 Å². The zero-order valence-corrected chi connectivity index (χ0v) is 10.8. The molecule has 0 unspecified atom stereocenters. The Balaban J connectivity index is 2.38. The van der Waals surface area contributed by atoms with Gasteiger partial charge in [0.2, 0.25) is 0 Å². The first-order chi connectivity index (χ1) is 8.50. The number of benzene rings is 1. The molecule has 96 valence electrons. The summed E-state index contributed by atoms with van der Waals surface area (Å²) in [6.07, 6.45) is 3.31. The predicted octanol–water partition coefficient (Wildman–Crippen LogP) is 1.25. The van der Waals surface area contributed by atoms with Crippen LogP contribution in [-0.2, 0) is 16.3 Å². The normalized spacial score (nSPS) is 11.7. The smallest absolute Gasteiger partial charge is 0.196 e. The van der Waals surface area contributed by atoms with Crippen LogP contribution in [0.25, 0.3) is 11.3 Å². The van der Waals surface area contributed by atoms with Gasteiger partial charge in [-0.05, 0) is 12.1 Å². The van der Waals surface area contributed by atoms with Gasteiger partial charge in [0.05, 0.1) is 11.1 Å². The first-order valence-corrected chi connectivity index (χ1v) is 7.35. The van der Waals surface area contributed by atoms with Crippen LogP contribution in [0.3, 0.4) is 0 Å². The highest BCUT2D eigenvalue weighted by atomic mass is 32.2. The molecule has 6 heteroatoms. The predicted molar refractivity (Wildman–Crippen MR) is 67.8 cm³/mol. The zero-order chi connectivity index (χ0) is 13.2. The number of sulfone groups is 1. The molecule has 0 radical (unpaired) electrons. The van der Waals surface area contributed by atoms with Crippen molar-refractivity contribution in [3.63, 3.8) is 0 Å². The van der Waals surface area contributed by atoms with Crippen molar-refractivity contribution in [2.24, 2.45) is 5.73 Å². The number of hydrogen-bond acceptors (Lipinski definition) is 5. The van der Waals surface area contributed by atoms with Gasteiger partial charge in [0.25, 0.3) is 0 Å². The summed E-state index contributed by atoms with van der Waals surface area (Å²) in [5.41, 5.74) is 6.10. The first kappa shape index (κ1) is 12.8. The quantitative estimate of drug-likeness (QED) is 0.900. The lowest BCUT2D eigenvalue weighted by Gasteiger charge is -2.00. The minimum atomic E-state index is -3.22. The molecule has 0 atom stereocenters. The molecule has 0 amide bonds. The van der Waals surface area contributed by atoms with Gasteiger partial charge in [-0.1, -0.05) is 12.1 Å². The van der Waals surface area contributed by atoms with Gasteiger partial charge in [-0.2, -0.15) is 0 Å². The highest BCUT2D eigenvalue weighted by molar-refractivity contribution is 7.90. The van der Waals surface area contributed by atoms with E-state index in [1.54, 1.807) is 30.5 Å². The van der Waals surface area contributed by atoms with E-state index in [9.17, 15) is 8.42 Å². The van der Waals surface area contributed by atoms with Crippen molar-refractivity contribution >= 4 is 9.84 Å². The molecule has 0 bridgehead atoms. The van der Waals surface area contributed by atoms with Crippen LogP contribution >= 0.6 is 0 Å². The number of rotatable bonds is 4. The summed E-state index contributed by atoms with van der Waals surface area (Å²) in [5, 5.41) is 0. The largest absolute Gasteiger partial charge is 0.441 e. The SMILES string of the molecule is CS(=O)(=O)c1cccc(-c2cnc(CCN)o2)c1. The zero-order valence-electron chi connectivity index (χ0n) is 9.96. The molecule has 2 aromatic rings. The Bertz CT molecular complexity index is 647. The summed E-state index contributed by atoms with van der Waals surface area (Å²) in [7, 11) is -3.22. The van der Waals surface area contributed by atoms with E-state index in [0.717, 1.165) is 0 Å². The van der Waals surface area contributed by atoms with Crippen LogP contribution in [0, 0.1) is 0 Å². The molecular weight excluding hydrogens is 252 g/mol. The minimum Gasteiger partial charge on any atom is -0.441 e. The number of nitrogens with zero attached hydrogens (tertiary/aromatic N) is 1. The maximum absolute atomic E-state index is 11.5. The molecule has 0 fully saturated rings. The molecule has 0 aliphatic carbocycles. The van der Waals surface area contributed by atoms with Crippen molar-refractivity contribution in [3.05, 3.63) is 36.4 Å². The molecule has 5 nitrogen and oxygen atoms in total. The fraction of sp³-hybridized carbons (Fsp3) is 0.250. The highest BCUT2D eigenvalue weighted by Crippen LogP contribution is 2.23. The van der Waals surface area contributed by atoms with E-state index >= 15 is 0 Å². The Hall–Kier alpha value is -1.66. The van der Waals surface area contributed by atoms with E-state index in [4.69, 9.17) is 10.2 Å². The van der Waals surface area contributed by atoms with E-state index in [1.807, 2.05) is 0 Å². The lowest BCUT2D eigenvalue weighted by atomic mass is 10.2. The van der Waals surface area contributed by atoms with E-state index in [1.165, 1.54) is 6.26 Å². The molecule has 0 aliphatic rings. The maximum atomic E-state index is 11.5. The molecule has 0 saturated carbocycles. The Labute approximate surface area is 106 Å². The molecule has 1 aromatic heterocycles. The van der Waals surface area contributed by atoms with Gasteiger partial charge in [0.15, 0.2) is 21.5 Å². The van der Waals surface area contributed by atoms with Crippen molar-refractivity contribution in [1.82, 2.24) is 4.98 Å². The third-order valence-corrected chi connectivity index (χ3v) is 3.57. The Morgan fingerprint density at radius 2 is 2.17 bits per heavy atom. The maximum Gasteiger partial charge on any atom is 0.196 e. The van der Waals surface area contributed by atoms with Gasteiger partial charge >= 0.3 is 0 Å². The van der Waals surface area contributed by atoms with E-state index < -0.39 is 9.84 Å². The number of nitrogens with two attached hydrogens (primary N) is 1. The second kappa shape index (κ2) is 4.91. The Morgan fingerprint density at radius 3 is 2.83 bits per heavy atom. The number of hydrogen-bond donors (Lipinski definition) is 1. The molecule has 1 heterocycles. The average Bonchev–Trinajstić information content (AvgIpc) is 2.77. The van der Waals surface area contributed by atoms with Crippen LogP contribution in [0.1, 0.15) is 5.89 Å². The third kappa shape index (κ3) is 2.77. The standard InChI is InChI=1S/C12H14N2O3S/c1-18(15,16)10-4-2-3-9(7-10)11-8-14-12(17-11)5-6-13/h2-4,7-8H,5-6,13H2,1H3. The number of aromatic nitrogens is 1. The van der Waals surface area contributed by atoms with E-state index in [-0.39, 0.29) is 4.90 Å². The van der Waals surface area contributed by atoms with Crippen molar-refractivity contribution in [3.8, 4) is 11.3 Å². The summed E-state index contributed by atoms with van der Waals surface area (Å²) in [6.45, 7) is 0.462. The van der Waals surface area contributed by atoms with Gasteiger partial charge in [0.1, 0.15) is 0 Å². The fourth-order valence-corrected chi connectivity index (χ4v) is 2.23. The molecule has 0 spiro atoms. The molecule has 0 saturated heterocycles. The summed E-state index contributed by atoms with van der Waals surface area (Å²) >= 11 is 0. The summed E-state index contributed by atoms with van der Waals surface area (Å²) in [5.74, 6) is 1.10. The van der Waals surface area contributed by atoms with Gasteiger partial charge < -0.3 is 10.2 Å². The second-order valence-corrected chi connectivity index (χ2v) is 5.97. The molecule has 2 rings (SSSR count). The van der Waals surface area contributed by atoms with E-state index in [2.05, 4.69) is 4.98 Å². The molecule has 18 heavy (non-hydrogen) atoms.